The summed E-state index contributed by atoms with van der Waals surface area (Å²) in [5.74, 6) is 0.381. The van der Waals surface area contributed by atoms with Crippen LogP contribution >= 0.6 is 0 Å². The topological polar surface area (TPSA) is 47.6 Å². The van der Waals surface area contributed by atoms with Crippen molar-refractivity contribution >= 4 is 5.91 Å². The summed E-state index contributed by atoms with van der Waals surface area (Å²) in [4.78, 5) is 17.1. The maximum Gasteiger partial charge on any atom is 0.224 e. The lowest BCUT2D eigenvalue weighted by molar-refractivity contribution is -0.126. The minimum absolute atomic E-state index is 0.0407. The van der Waals surface area contributed by atoms with Crippen LogP contribution in [-0.4, -0.2) is 74.1 Å². The normalized spacial score (nSPS) is 26.4. The summed E-state index contributed by atoms with van der Waals surface area (Å²) in [6, 6.07) is 0. The fourth-order valence-corrected chi connectivity index (χ4v) is 3.05. The Labute approximate surface area is 123 Å². The zero-order valence-corrected chi connectivity index (χ0v) is 13.2. The van der Waals surface area contributed by atoms with Crippen LogP contribution in [0.25, 0.3) is 0 Å². The predicted octanol–water partition coefficient (Wildman–Crippen LogP) is 0.128. The minimum atomic E-state index is 0.0407. The van der Waals surface area contributed by atoms with Crippen molar-refractivity contribution in [2.24, 2.45) is 5.92 Å². The van der Waals surface area contributed by atoms with Gasteiger partial charge in [-0.3, -0.25) is 9.69 Å². The maximum atomic E-state index is 12.2. The average Bonchev–Trinajstić information content (AvgIpc) is 2.46. The molecule has 116 valence electrons. The molecule has 2 aliphatic rings. The van der Waals surface area contributed by atoms with E-state index >= 15 is 0 Å². The standard InChI is InChI=1S/C15H30N4O/c1-15(2,19-9-7-18(3)8-10-19)12-17-14(20)13-5-4-6-16-11-13/h13,16H,4-12H2,1-3H3,(H,17,20)/t13-/m0/s1. The first-order valence-corrected chi connectivity index (χ1v) is 7.91. The van der Waals surface area contributed by atoms with E-state index in [2.05, 4.69) is 41.3 Å². The van der Waals surface area contributed by atoms with Crippen LogP contribution in [0.15, 0.2) is 0 Å². The van der Waals surface area contributed by atoms with Crippen molar-refractivity contribution in [1.29, 1.82) is 0 Å². The Morgan fingerprint density at radius 1 is 1.30 bits per heavy atom. The van der Waals surface area contributed by atoms with E-state index in [1.807, 2.05) is 0 Å². The number of hydrogen-bond acceptors (Lipinski definition) is 4. The predicted molar refractivity (Wildman–Crippen MR) is 81.8 cm³/mol. The molecule has 2 saturated heterocycles. The number of piperidine rings is 1. The van der Waals surface area contributed by atoms with Gasteiger partial charge in [-0.2, -0.15) is 0 Å². The van der Waals surface area contributed by atoms with Crippen LogP contribution in [-0.2, 0) is 4.79 Å². The Bertz CT molecular complexity index is 318. The third-order valence-electron chi connectivity index (χ3n) is 4.72. The molecule has 2 N–H and O–H groups in total. The third-order valence-corrected chi connectivity index (χ3v) is 4.72. The molecule has 0 aromatic rings. The van der Waals surface area contributed by atoms with Gasteiger partial charge >= 0.3 is 0 Å². The van der Waals surface area contributed by atoms with Gasteiger partial charge in [0.15, 0.2) is 0 Å². The van der Waals surface area contributed by atoms with Crippen LogP contribution in [0.4, 0.5) is 0 Å². The van der Waals surface area contributed by atoms with Crippen molar-refractivity contribution in [3.63, 3.8) is 0 Å². The number of nitrogens with one attached hydrogen (secondary N) is 2. The number of nitrogens with zero attached hydrogens (tertiary/aromatic N) is 2. The van der Waals surface area contributed by atoms with E-state index in [4.69, 9.17) is 0 Å². The van der Waals surface area contributed by atoms with Gasteiger partial charge in [-0.1, -0.05) is 0 Å². The van der Waals surface area contributed by atoms with Gasteiger partial charge in [0, 0.05) is 44.8 Å². The van der Waals surface area contributed by atoms with Crippen molar-refractivity contribution in [3.8, 4) is 0 Å². The largest absolute Gasteiger partial charge is 0.354 e. The van der Waals surface area contributed by atoms with Gasteiger partial charge in [-0.15, -0.1) is 0 Å². The highest BCUT2D eigenvalue weighted by atomic mass is 16.1. The van der Waals surface area contributed by atoms with Crippen molar-refractivity contribution in [1.82, 2.24) is 20.4 Å². The fraction of sp³-hybridized carbons (Fsp3) is 0.933. The van der Waals surface area contributed by atoms with Crippen LogP contribution in [0, 0.1) is 5.92 Å². The first kappa shape index (κ1) is 15.7. The summed E-state index contributed by atoms with van der Waals surface area (Å²) < 4.78 is 0. The molecule has 2 heterocycles. The lowest BCUT2D eigenvalue weighted by Crippen LogP contribution is -2.58. The molecule has 0 saturated carbocycles. The van der Waals surface area contributed by atoms with Gasteiger partial charge in [0.05, 0.1) is 5.92 Å². The van der Waals surface area contributed by atoms with Crippen molar-refractivity contribution in [2.45, 2.75) is 32.2 Å². The SMILES string of the molecule is CN1CCN(C(C)(C)CNC(=O)[C@H]2CCCNC2)CC1. The van der Waals surface area contributed by atoms with Gasteiger partial charge in [-0.05, 0) is 40.3 Å². The summed E-state index contributed by atoms with van der Waals surface area (Å²) in [5.41, 5.74) is 0.0407. The molecule has 5 nitrogen and oxygen atoms in total. The average molecular weight is 282 g/mol. The van der Waals surface area contributed by atoms with Gasteiger partial charge in [0.1, 0.15) is 0 Å². The molecule has 0 aliphatic carbocycles. The van der Waals surface area contributed by atoms with Gasteiger partial charge in [-0.25, -0.2) is 0 Å². The Balaban J connectivity index is 1.77. The summed E-state index contributed by atoms with van der Waals surface area (Å²) in [6.45, 7) is 11.5. The van der Waals surface area contributed by atoms with Crippen molar-refractivity contribution < 1.29 is 4.79 Å². The number of piperazine rings is 1. The quantitative estimate of drug-likeness (QED) is 0.769. The molecule has 0 spiro atoms. The fourth-order valence-electron chi connectivity index (χ4n) is 3.05. The second-order valence-corrected chi connectivity index (χ2v) is 6.86. The smallest absolute Gasteiger partial charge is 0.224 e. The molecule has 0 aromatic carbocycles. The highest BCUT2D eigenvalue weighted by Gasteiger charge is 2.30. The minimum Gasteiger partial charge on any atom is -0.354 e. The van der Waals surface area contributed by atoms with Crippen LogP contribution in [0.2, 0.25) is 0 Å². The first-order chi connectivity index (χ1) is 9.49. The summed E-state index contributed by atoms with van der Waals surface area (Å²) in [7, 11) is 2.17. The molecule has 5 heteroatoms. The molecule has 2 aliphatic heterocycles. The molecule has 1 atom stereocenters. The molecule has 2 fully saturated rings. The van der Waals surface area contributed by atoms with E-state index in [1.54, 1.807) is 0 Å². The number of amides is 1. The zero-order valence-electron chi connectivity index (χ0n) is 13.2. The highest BCUT2D eigenvalue weighted by Crippen LogP contribution is 2.16. The number of rotatable bonds is 4. The molecule has 0 bridgehead atoms. The molecule has 20 heavy (non-hydrogen) atoms. The molecular formula is C15H30N4O. The van der Waals surface area contributed by atoms with Crippen molar-refractivity contribution in [2.75, 3.05) is 52.9 Å². The second kappa shape index (κ2) is 6.87. The lowest BCUT2D eigenvalue weighted by Gasteiger charge is -2.43. The molecular weight excluding hydrogens is 252 g/mol. The van der Waals surface area contributed by atoms with E-state index in [1.165, 1.54) is 0 Å². The van der Waals surface area contributed by atoms with E-state index in [0.29, 0.717) is 0 Å². The van der Waals surface area contributed by atoms with E-state index in [-0.39, 0.29) is 17.4 Å². The van der Waals surface area contributed by atoms with E-state index in [0.717, 1.165) is 58.7 Å². The van der Waals surface area contributed by atoms with Gasteiger partial charge < -0.3 is 15.5 Å². The third kappa shape index (κ3) is 4.17. The van der Waals surface area contributed by atoms with Crippen LogP contribution in [0.1, 0.15) is 26.7 Å². The summed E-state index contributed by atoms with van der Waals surface area (Å²) in [5, 5.41) is 6.47. The Hall–Kier alpha value is -0.650. The van der Waals surface area contributed by atoms with Gasteiger partial charge in [0.25, 0.3) is 0 Å². The number of likely N-dealkylation sites (N-methyl/N-ethyl adjacent to an activating group) is 1. The van der Waals surface area contributed by atoms with E-state index in [9.17, 15) is 4.79 Å². The summed E-state index contributed by atoms with van der Waals surface area (Å²) >= 11 is 0. The lowest BCUT2D eigenvalue weighted by atomic mass is 9.97. The Morgan fingerprint density at radius 2 is 2.00 bits per heavy atom. The highest BCUT2D eigenvalue weighted by molar-refractivity contribution is 5.79. The monoisotopic (exact) mass is 282 g/mol. The van der Waals surface area contributed by atoms with Crippen molar-refractivity contribution in [3.05, 3.63) is 0 Å². The number of carbonyl (C=O) groups is 1. The Kier molecular flexibility index (Phi) is 5.41. The van der Waals surface area contributed by atoms with Crippen LogP contribution in [0.3, 0.4) is 0 Å². The molecule has 1 amide bonds. The zero-order chi connectivity index (χ0) is 14.6. The Morgan fingerprint density at radius 3 is 2.60 bits per heavy atom. The number of hydrogen-bond donors (Lipinski definition) is 2. The molecule has 2 rings (SSSR count). The molecule has 0 radical (unpaired) electrons. The van der Waals surface area contributed by atoms with Gasteiger partial charge in [0.2, 0.25) is 5.91 Å². The molecule has 0 unspecified atom stereocenters. The molecule has 0 aromatic heterocycles. The second-order valence-electron chi connectivity index (χ2n) is 6.86. The van der Waals surface area contributed by atoms with Crippen LogP contribution < -0.4 is 10.6 Å². The maximum absolute atomic E-state index is 12.2. The summed E-state index contributed by atoms with van der Waals surface area (Å²) in [6.07, 6.45) is 2.13. The first-order valence-electron chi connectivity index (χ1n) is 7.91. The van der Waals surface area contributed by atoms with E-state index < -0.39 is 0 Å². The van der Waals surface area contributed by atoms with Crippen LogP contribution in [0.5, 0.6) is 0 Å². The number of carbonyl (C=O) groups excluding carboxylic acids is 1.